The van der Waals surface area contributed by atoms with Crippen molar-refractivity contribution in [2.24, 2.45) is 11.8 Å². The van der Waals surface area contributed by atoms with Crippen LogP contribution in [-0.2, 0) is 9.59 Å². The Morgan fingerprint density at radius 1 is 1.10 bits per heavy atom. The highest BCUT2D eigenvalue weighted by Gasteiger charge is 2.50. The molecule has 2 fully saturated rings. The first-order chi connectivity index (χ1) is 9.58. The summed E-state index contributed by atoms with van der Waals surface area (Å²) in [4.78, 5) is 26.9. The smallest absolute Gasteiger partial charge is 0.233 e. The molecule has 2 aliphatic heterocycles. The van der Waals surface area contributed by atoms with Crippen molar-refractivity contribution in [3.63, 3.8) is 0 Å². The largest absolute Gasteiger partial charge is 0.307 e. The highest BCUT2D eigenvalue weighted by atomic mass is 16.2. The fraction of sp³-hybridized carbons (Fsp3) is 0.882. The second-order valence-corrected chi connectivity index (χ2v) is 8.19. The Bertz CT molecular complexity index is 426. The van der Waals surface area contributed by atoms with Crippen LogP contribution in [-0.4, -0.2) is 33.8 Å². The van der Waals surface area contributed by atoms with E-state index in [4.69, 9.17) is 0 Å². The van der Waals surface area contributed by atoms with Crippen molar-refractivity contribution >= 4 is 11.8 Å². The van der Waals surface area contributed by atoms with Gasteiger partial charge in [-0.05, 0) is 47.0 Å². The van der Waals surface area contributed by atoms with Crippen LogP contribution in [0.5, 0.6) is 0 Å². The minimum atomic E-state index is -0.154. The van der Waals surface area contributed by atoms with Crippen molar-refractivity contribution in [3.05, 3.63) is 0 Å². The minimum absolute atomic E-state index is 0.0283. The first-order valence-corrected chi connectivity index (χ1v) is 8.24. The van der Waals surface area contributed by atoms with Crippen LogP contribution in [0.1, 0.15) is 67.2 Å². The molecule has 0 radical (unpaired) electrons. The van der Waals surface area contributed by atoms with Gasteiger partial charge in [-0.1, -0.05) is 20.3 Å². The molecule has 4 heteroatoms. The van der Waals surface area contributed by atoms with E-state index >= 15 is 0 Å². The number of amides is 2. The molecule has 0 aliphatic carbocycles. The second-order valence-electron chi connectivity index (χ2n) is 8.19. The van der Waals surface area contributed by atoms with E-state index in [1.807, 2.05) is 6.92 Å². The first kappa shape index (κ1) is 16.5. The van der Waals surface area contributed by atoms with Crippen LogP contribution < -0.4 is 5.32 Å². The van der Waals surface area contributed by atoms with Crippen LogP contribution in [0.3, 0.4) is 0 Å². The van der Waals surface area contributed by atoms with Crippen LogP contribution in [0.25, 0.3) is 0 Å². The van der Waals surface area contributed by atoms with Crippen LogP contribution >= 0.6 is 0 Å². The molecule has 2 unspecified atom stereocenters. The van der Waals surface area contributed by atoms with Gasteiger partial charge in [0.05, 0.1) is 0 Å². The summed E-state index contributed by atoms with van der Waals surface area (Å²) in [6.07, 6.45) is 3.43. The summed E-state index contributed by atoms with van der Waals surface area (Å²) >= 11 is 0. The number of likely N-dealkylation sites (tertiary alicyclic amines) is 1. The molecule has 4 nitrogen and oxygen atoms in total. The molecule has 1 N–H and O–H groups in total. The standard InChI is InChI=1S/C17H30N2O2/c1-7-8-13-11(2)14(20)19(15(13)21)12-9-16(3,4)18-17(5,6)10-12/h11-13,18H,7-10H2,1-6H3. The summed E-state index contributed by atoms with van der Waals surface area (Å²) in [6.45, 7) is 12.6. The Hall–Kier alpha value is -0.900. The molecule has 0 aromatic carbocycles. The Kier molecular flexibility index (Phi) is 4.22. The lowest BCUT2D eigenvalue weighted by Gasteiger charge is -2.48. The highest BCUT2D eigenvalue weighted by molar-refractivity contribution is 6.05. The number of carbonyl (C=O) groups is 2. The molecule has 0 saturated carbocycles. The van der Waals surface area contributed by atoms with E-state index in [-0.39, 0.29) is 40.8 Å². The summed E-state index contributed by atoms with van der Waals surface area (Å²) in [5.41, 5.74) is -0.113. The molecule has 0 aromatic rings. The molecule has 2 heterocycles. The fourth-order valence-corrected chi connectivity index (χ4v) is 4.39. The van der Waals surface area contributed by atoms with Gasteiger partial charge in [0.15, 0.2) is 0 Å². The van der Waals surface area contributed by atoms with Crippen LogP contribution in [0.15, 0.2) is 0 Å². The Morgan fingerprint density at radius 3 is 2.10 bits per heavy atom. The zero-order chi connectivity index (χ0) is 16.0. The monoisotopic (exact) mass is 294 g/mol. The topological polar surface area (TPSA) is 49.4 Å². The van der Waals surface area contributed by atoms with E-state index in [9.17, 15) is 9.59 Å². The molecule has 0 aromatic heterocycles. The number of hydrogen-bond donors (Lipinski definition) is 1. The lowest BCUT2D eigenvalue weighted by molar-refractivity contribution is -0.144. The van der Waals surface area contributed by atoms with Gasteiger partial charge in [0, 0.05) is 29.0 Å². The molecular weight excluding hydrogens is 264 g/mol. The summed E-state index contributed by atoms with van der Waals surface area (Å²) in [6, 6.07) is 0.0283. The van der Waals surface area contributed by atoms with Crippen molar-refractivity contribution in [2.75, 3.05) is 0 Å². The average molecular weight is 294 g/mol. The number of nitrogens with zero attached hydrogens (tertiary/aromatic N) is 1. The average Bonchev–Trinajstić information content (AvgIpc) is 2.50. The summed E-state index contributed by atoms with van der Waals surface area (Å²) < 4.78 is 0. The normalized spacial score (nSPS) is 32.8. The van der Waals surface area contributed by atoms with E-state index in [1.54, 1.807) is 4.90 Å². The van der Waals surface area contributed by atoms with Gasteiger partial charge in [0.1, 0.15) is 0 Å². The van der Waals surface area contributed by atoms with Crippen molar-refractivity contribution in [1.82, 2.24) is 10.2 Å². The third-order valence-corrected chi connectivity index (χ3v) is 4.92. The van der Waals surface area contributed by atoms with Gasteiger partial charge in [-0.15, -0.1) is 0 Å². The van der Waals surface area contributed by atoms with Crippen molar-refractivity contribution in [1.29, 1.82) is 0 Å². The number of piperidine rings is 1. The molecule has 0 bridgehead atoms. The quantitative estimate of drug-likeness (QED) is 0.814. The van der Waals surface area contributed by atoms with E-state index in [1.165, 1.54) is 0 Å². The predicted molar refractivity (Wildman–Crippen MR) is 83.7 cm³/mol. The maximum Gasteiger partial charge on any atom is 0.233 e. The van der Waals surface area contributed by atoms with Gasteiger partial charge in [-0.25, -0.2) is 0 Å². The molecule has 2 amide bonds. The maximum absolute atomic E-state index is 12.7. The van der Waals surface area contributed by atoms with E-state index in [2.05, 4.69) is 39.9 Å². The number of carbonyl (C=O) groups excluding carboxylic acids is 2. The number of rotatable bonds is 3. The second kappa shape index (κ2) is 5.38. The molecule has 0 spiro atoms. The maximum atomic E-state index is 12.7. The molecule has 120 valence electrons. The summed E-state index contributed by atoms with van der Waals surface area (Å²) in [5.74, 6) is -0.160. The van der Waals surface area contributed by atoms with Gasteiger partial charge >= 0.3 is 0 Å². The third-order valence-electron chi connectivity index (χ3n) is 4.92. The zero-order valence-electron chi connectivity index (χ0n) is 14.3. The minimum Gasteiger partial charge on any atom is -0.307 e. The van der Waals surface area contributed by atoms with E-state index in [0.717, 1.165) is 25.7 Å². The van der Waals surface area contributed by atoms with Crippen molar-refractivity contribution in [3.8, 4) is 0 Å². The fourth-order valence-electron chi connectivity index (χ4n) is 4.39. The van der Waals surface area contributed by atoms with Crippen molar-refractivity contribution in [2.45, 2.75) is 84.3 Å². The van der Waals surface area contributed by atoms with E-state index in [0.29, 0.717) is 0 Å². The zero-order valence-corrected chi connectivity index (χ0v) is 14.3. The van der Waals surface area contributed by atoms with Crippen LogP contribution in [0.2, 0.25) is 0 Å². The Balaban J connectivity index is 2.24. The Morgan fingerprint density at radius 2 is 1.62 bits per heavy atom. The summed E-state index contributed by atoms with van der Waals surface area (Å²) in [5, 5.41) is 3.61. The molecule has 2 atom stereocenters. The lowest BCUT2D eigenvalue weighted by atomic mass is 9.79. The first-order valence-electron chi connectivity index (χ1n) is 8.24. The molecule has 2 aliphatic rings. The number of hydrogen-bond acceptors (Lipinski definition) is 3. The summed E-state index contributed by atoms with van der Waals surface area (Å²) in [7, 11) is 0. The van der Waals surface area contributed by atoms with Gasteiger partial charge < -0.3 is 5.32 Å². The van der Waals surface area contributed by atoms with Crippen LogP contribution in [0.4, 0.5) is 0 Å². The highest BCUT2D eigenvalue weighted by Crippen LogP contribution is 2.38. The Labute approximate surface area is 128 Å². The molecule has 21 heavy (non-hydrogen) atoms. The number of nitrogens with one attached hydrogen (secondary N) is 1. The molecular formula is C17H30N2O2. The third kappa shape index (κ3) is 3.15. The van der Waals surface area contributed by atoms with E-state index < -0.39 is 0 Å². The molecule has 2 rings (SSSR count). The lowest BCUT2D eigenvalue weighted by Crippen LogP contribution is -2.63. The van der Waals surface area contributed by atoms with Gasteiger partial charge in [-0.3, -0.25) is 14.5 Å². The van der Waals surface area contributed by atoms with Gasteiger partial charge in [0.2, 0.25) is 11.8 Å². The van der Waals surface area contributed by atoms with Crippen LogP contribution in [0, 0.1) is 11.8 Å². The van der Waals surface area contributed by atoms with Gasteiger partial charge in [-0.2, -0.15) is 0 Å². The van der Waals surface area contributed by atoms with Crippen molar-refractivity contribution < 1.29 is 9.59 Å². The molecule has 2 saturated heterocycles. The predicted octanol–water partition coefficient (Wildman–Crippen LogP) is 2.72. The SMILES string of the molecule is CCCC1C(=O)N(C2CC(C)(C)NC(C)(C)C2)C(=O)C1C. The number of imide groups is 1. The van der Waals surface area contributed by atoms with Gasteiger partial charge in [0.25, 0.3) is 0 Å².